The average molecular weight is 472 g/mol. The van der Waals surface area contributed by atoms with E-state index in [9.17, 15) is 17.6 Å². The molecule has 2 aromatic carbocycles. The summed E-state index contributed by atoms with van der Waals surface area (Å²) < 4.78 is 48.1. The van der Waals surface area contributed by atoms with Gasteiger partial charge in [-0.1, -0.05) is 0 Å². The second-order valence-electron chi connectivity index (χ2n) is 7.41. The Morgan fingerprint density at radius 3 is 2.55 bits per heavy atom. The molecule has 0 fully saturated rings. The summed E-state index contributed by atoms with van der Waals surface area (Å²) in [5.74, 6) is -0.529. The number of hydrogen-bond donors (Lipinski definition) is 0. The van der Waals surface area contributed by atoms with Gasteiger partial charge in [0.05, 0.1) is 28.5 Å². The minimum atomic E-state index is -3.60. The number of carbonyl (C=O) groups excluding carboxylic acids is 1. The average Bonchev–Trinajstić information content (AvgIpc) is 3.41. The minimum Gasteiger partial charge on any atom is -0.453 e. The van der Waals surface area contributed by atoms with E-state index in [1.54, 1.807) is 6.07 Å². The smallest absolute Gasteiger partial charge is 0.357 e. The number of nitrogens with zero attached hydrogens (tertiary/aromatic N) is 5. The number of carbonyl (C=O) groups is 1. The molecule has 2 heterocycles. The van der Waals surface area contributed by atoms with Gasteiger partial charge in [-0.15, -0.1) is 0 Å². The molecule has 0 aliphatic heterocycles. The molecule has 11 heteroatoms. The fourth-order valence-electron chi connectivity index (χ4n) is 3.45. The van der Waals surface area contributed by atoms with Crippen LogP contribution in [-0.2, 0) is 27.9 Å². The summed E-state index contributed by atoms with van der Waals surface area (Å²) >= 11 is 0. The lowest BCUT2D eigenvalue weighted by Gasteiger charge is -2.11. The number of benzene rings is 2. The molecule has 0 spiro atoms. The van der Waals surface area contributed by atoms with E-state index < -0.39 is 16.0 Å². The summed E-state index contributed by atoms with van der Waals surface area (Å²) in [7, 11) is -0.674. The van der Waals surface area contributed by atoms with E-state index in [0.717, 1.165) is 9.82 Å². The van der Waals surface area contributed by atoms with Crippen molar-refractivity contribution in [3.05, 3.63) is 72.3 Å². The van der Waals surface area contributed by atoms with E-state index >= 15 is 0 Å². The zero-order valence-electron chi connectivity index (χ0n) is 18.3. The first-order chi connectivity index (χ1) is 15.7. The Morgan fingerprint density at radius 2 is 1.88 bits per heavy atom. The molecule has 0 unspecified atom stereocenters. The molecule has 2 aromatic heterocycles. The Hall–Kier alpha value is -3.57. The number of fused-ring (bicyclic) bond motifs is 1. The molecule has 4 rings (SSSR count). The fraction of sp³-hybridized carbons (Fsp3) is 0.227. The Kier molecular flexibility index (Phi) is 6.00. The maximum atomic E-state index is 13.2. The van der Waals surface area contributed by atoms with Gasteiger partial charge in [0, 0.05) is 26.3 Å². The number of sulfonamides is 1. The van der Waals surface area contributed by atoms with Crippen molar-refractivity contribution in [2.24, 2.45) is 0 Å². The lowest BCUT2D eigenvalue weighted by atomic mass is 10.3. The first kappa shape index (κ1) is 22.6. The van der Waals surface area contributed by atoms with Crippen LogP contribution in [0.15, 0.2) is 59.9 Å². The van der Waals surface area contributed by atoms with Crippen LogP contribution in [0.5, 0.6) is 0 Å². The molecular formula is C22H22FN5O4S. The van der Waals surface area contributed by atoms with Gasteiger partial charge in [0.25, 0.3) is 0 Å². The van der Waals surface area contributed by atoms with Crippen LogP contribution in [0.25, 0.3) is 16.7 Å². The van der Waals surface area contributed by atoms with Crippen LogP contribution in [0.2, 0.25) is 0 Å². The minimum absolute atomic E-state index is 0.119. The van der Waals surface area contributed by atoms with Gasteiger partial charge in [-0.25, -0.2) is 31.9 Å². The predicted octanol–water partition coefficient (Wildman–Crippen LogP) is 2.99. The zero-order chi connectivity index (χ0) is 23.8. The molecule has 0 saturated carbocycles. The van der Waals surface area contributed by atoms with E-state index in [2.05, 4.69) is 9.97 Å². The SMILES string of the molecule is CCn1c(COC(=O)c2cncn2-c2ccc(F)cc2)nc2cc(S(=O)(=O)N(C)C)ccc21. The molecule has 4 aromatic rings. The zero-order valence-corrected chi connectivity index (χ0v) is 19.1. The van der Waals surface area contributed by atoms with Gasteiger partial charge in [0.1, 0.15) is 18.2 Å². The Labute approximate surface area is 190 Å². The predicted molar refractivity (Wildman–Crippen MR) is 119 cm³/mol. The van der Waals surface area contributed by atoms with Gasteiger partial charge < -0.3 is 9.30 Å². The van der Waals surface area contributed by atoms with Crippen LogP contribution in [0, 0.1) is 5.82 Å². The van der Waals surface area contributed by atoms with Gasteiger partial charge >= 0.3 is 5.97 Å². The summed E-state index contributed by atoms with van der Waals surface area (Å²) in [5, 5.41) is 0. The van der Waals surface area contributed by atoms with Gasteiger partial charge in [0.2, 0.25) is 10.0 Å². The molecule has 0 saturated heterocycles. The summed E-state index contributed by atoms with van der Waals surface area (Å²) in [6, 6.07) is 10.4. The van der Waals surface area contributed by atoms with E-state index in [1.807, 2.05) is 11.5 Å². The highest BCUT2D eigenvalue weighted by atomic mass is 32.2. The van der Waals surface area contributed by atoms with Gasteiger partial charge in [0.15, 0.2) is 5.69 Å². The van der Waals surface area contributed by atoms with Crippen LogP contribution in [0.4, 0.5) is 4.39 Å². The summed E-state index contributed by atoms with van der Waals surface area (Å²) in [6.45, 7) is 2.35. The number of halogens is 1. The van der Waals surface area contributed by atoms with Crippen molar-refractivity contribution in [3.63, 3.8) is 0 Å². The molecule has 0 aliphatic rings. The third-order valence-electron chi connectivity index (χ3n) is 5.18. The van der Waals surface area contributed by atoms with Crippen molar-refractivity contribution in [1.82, 2.24) is 23.4 Å². The largest absolute Gasteiger partial charge is 0.453 e. The summed E-state index contributed by atoms with van der Waals surface area (Å²) in [4.78, 5) is 21.4. The maximum absolute atomic E-state index is 13.2. The van der Waals surface area contributed by atoms with Crippen molar-refractivity contribution in [2.75, 3.05) is 14.1 Å². The number of imidazole rings is 2. The van der Waals surface area contributed by atoms with Gasteiger partial charge in [-0.3, -0.25) is 4.57 Å². The fourth-order valence-corrected chi connectivity index (χ4v) is 4.37. The van der Waals surface area contributed by atoms with Crippen LogP contribution in [0.1, 0.15) is 23.2 Å². The van der Waals surface area contributed by atoms with E-state index in [4.69, 9.17) is 4.74 Å². The topological polar surface area (TPSA) is 99.3 Å². The van der Waals surface area contributed by atoms with Gasteiger partial charge in [-0.2, -0.15) is 0 Å². The molecule has 33 heavy (non-hydrogen) atoms. The number of aromatic nitrogens is 4. The number of esters is 1. The van der Waals surface area contributed by atoms with Crippen molar-refractivity contribution in [2.45, 2.75) is 25.0 Å². The number of aryl methyl sites for hydroxylation is 1. The first-order valence-electron chi connectivity index (χ1n) is 10.1. The monoisotopic (exact) mass is 471 g/mol. The standard InChI is InChI=1S/C22H22FN5O4S/c1-4-27-19-10-9-17(33(30,31)26(2)3)11-18(19)25-21(27)13-32-22(29)20-12-24-14-28(20)16-7-5-15(23)6-8-16/h5-12,14H,4,13H2,1-3H3. The van der Waals surface area contributed by atoms with Crippen molar-refractivity contribution < 1.29 is 22.3 Å². The Balaban J connectivity index is 1.59. The van der Waals surface area contributed by atoms with Crippen molar-refractivity contribution in [1.29, 1.82) is 0 Å². The second kappa shape index (κ2) is 8.75. The lowest BCUT2D eigenvalue weighted by molar-refractivity contribution is 0.0449. The summed E-state index contributed by atoms with van der Waals surface area (Å²) in [6.07, 6.45) is 2.81. The van der Waals surface area contributed by atoms with Crippen LogP contribution >= 0.6 is 0 Å². The highest BCUT2D eigenvalue weighted by Crippen LogP contribution is 2.23. The third-order valence-corrected chi connectivity index (χ3v) is 6.99. The number of hydrogen-bond acceptors (Lipinski definition) is 6. The quantitative estimate of drug-likeness (QED) is 0.384. The maximum Gasteiger partial charge on any atom is 0.357 e. The molecule has 0 aliphatic carbocycles. The number of rotatable bonds is 7. The first-order valence-corrected chi connectivity index (χ1v) is 11.5. The molecule has 0 amide bonds. The molecule has 0 atom stereocenters. The molecular weight excluding hydrogens is 449 g/mol. The normalized spacial score (nSPS) is 11.9. The lowest BCUT2D eigenvalue weighted by Crippen LogP contribution is -2.22. The highest BCUT2D eigenvalue weighted by Gasteiger charge is 2.21. The molecule has 172 valence electrons. The molecule has 0 radical (unpaired) electrons. The third kappa shape index (κ3) is 4.24. The molecule has 9 nitrogen and oxygen atoms in total. The van der Waals surface area contributed by atoms with Crippen LogP contribution in [0.3, 0.4) is 0 Å². The van der Waals surface area contributed by atoms with Crippen LogP contribution < -0.4 is 0 Å². The Morgan fingerprint density at radius 1 is 1.15 bits per heavy atom. The van der Waals surface area contributed by atoms with E-state index in [-0.39, 0.29) is 23.0 Å². The van der Waals surface area contributed by atoms with Crippen molar-refractivity contribution in [3.8, 4) is 5.69 Å². The highest BCUT2D eigenvalue weighted by molar-refractivity contribution is 7.89. The number of ether oxygens (including phenoxy) is 1. The molecule has 0 N–H and O–H groups in total. The van der Waals surface area contributed by atoms with E-state index in [1.165, 1.54) is 67.6 Å². The second-order valence-corrected chi connectivity index (χ2v) is 9.56. The van der Waals surface area contributed by atoms with Crippen LogP contribution in [-0.4, -0.2) is 51.9 Å². The van der Waals surface area contributed by atoms with Crippen molar-refractivity contribution >= 4 is 27.0 Å². The van der Waals surface area contributed by atoms with E-state index in [0.29, 0.717) is 23.6 Å². The Bertz CT molecular complexity index is 1430. The van der Waals surface area contributed by atoms with Gasteiger partial charge in [-0.05, 0) is 49.4 Å². The summed E-state index contributed by atoms with van der Waals surface area (Å²) in [5.41, 5.74) is 1.97. The molecule has 0 bridgehead atoms.